The Morgan fingerprint density at radius 2 is 1.88 bits per heavy atom. The number of hydrogen-bond donors (Lipinski definition) is 1. The van der Waals surface area contributed by atoms with E-state index in [2.05, 4.69) is 27.2 Å². The second-order valence-electron chi connectivity index (χ2n) is 3.44. The zero-order valence-corrected chi connectivity index (χ0v) is 10.4. The Balaban J connectivity index is 1.98. The number of pyridine rings is 1. The minimum atomic E-state index is 0.761. The third-order valence-electron chi connectivity index (χ3n) is 2.12. The fourth-order valence-corrected chi connectivity index (χ4v) is 1.95. The number of rotatable bonds is 5. The molecule has 5 heteroatoms. The molecule has 1 N–H and O–H groups in total. The van der Waals surface area contributed by atoms with Gasteiger partial charge in [0.2, 0.25) is 0 Å². The monoisotopic (exact) mass is 246 g/mol. The van der Waals surface area contributed by atoms with Crippen LogP contribution in [0.4, 0.5) is 0 Å². The molecule has 0 radical (unpaired) electrons. The summed E-state index contributed by atoms with van der Waals surface area (Å²) in [6, 6.07) is 3.89. The topological polar surface area (TPSA) is 50.7 Å². The minimum Gasteiger partial charge on any atom is -0.313 e. The van der Waals surface area contributed by atoms with Gasteiger partial charge >= 0.3 is 0 Å². The molecule has 0 saturated heterocycles. The van der Waals surface area contributed by atoms with Gasteiger partial charge in [0.15, 0.2) is 5.16 Å². The van der Waals surface area contributed by atoms with Gasteiger partial charge < -0.3 is 5.32 Å². The predicted molar refractivity (Wildman–Crippen MR) is 67.8 cm³/mol. The summed E-state index contributed by atoms with van der Waals surface area (Å²) in [6.07, 6.45) is 7.25. The van der Waals surface area contributed by atoms with E-state index in [4.69, 9.17) is 0 Å². The third kappa shape index (κ3) is 3.80. The molecule has 4 nitrogen and oxygen atoms in total. The molecule has 0 atom stereocenters. The molecule has 0 aromatic carbocycles. The van der Waals surface area contributed by atoms with E-state index in [1.165, 1.54) is 11.8 Å². The summed E-state index contributed by atoms with van der Waals surface area (Å²) in [4.78, 5) is 13.7. The van der Waals surface area contributed by atoms with Crippen LogP contribution in [0.15, 0.2) is 47.0 Å². The number of nitrogens with one attached hydrogen (secondary N) is 1. The van der Waals surface area contributed by atoms with Crippen LogP contribution in [0.2, 0.25) is 0 Å². The molecule has 17 heavy (non-hydrogen) atoms. The van der Waals surface area contributed by atoms with Gasteiger partial charge in [-0.1, -0.05) is 6.92 Å². The van der Waals surface area contributed by atoms with Gasteiger partial charge in [0.1, 0.15) is 0 Å². The summed E-state index contributed by atoms with van der Waals surface area (Å²) in [5, 5.41) is 4.00. The lowest BCUT2D eigenvalue weighted by molar-refractivity contribution is 0.716. The summed E-state index contributed by atoms with van der Waals surface area (Å²) in [5.41, 5.74) is 1.10. The molecular formula is C12H14N4S. The molecule has 0 unspecified atom stereocenters. The summed E-state index contributed by atoms with van der Waals surface area (Å²) in [5.74, 6) is 0. The highest BCUT2D eigenvalue weighted by Crippen LogP contribution is 2.22. The normalized spacial score (nSPS) is 10.4. The molecule has 0 amide bonds. The average Bonchev–Trinajstić information content (AvgIpc) is 2.39. The quantitative estimate of drug-likeness (QED) is 0.819. The van der Waals surface area contributed by atoms with Crippen molar-refractivity contribution >= 4 is 11.8 Å². The van der Waals surface area contributed by atoms with E-state index >= 15 is 0 Å². The van der Waals surface area contributed by atoms with Crippen LogP contribution in [0, 0.1) is 0 Å². The maximum atomic E-state index is 4.32. The molecule has 2 rings (SSSR count). The highest BCUT2D eigenvalue weighted by molar-refractivity contribution is 7.99. The largest absolute Gasteiger partial charge is 0.313 e. The smallest absolute Gasteiger partial charge is 0.192 e. The van der Waals surface area contributed by atoms with Crippen LogP contribution < -0.4 is 5.32 Å². The molecule has 0 aliphatic heterocycles. The molecule has 0 bridgehead atoms. The van der Waals surface area contributed by atoms with E-state index in [0.29, 0.717) is 0 Å². The first kappa shape index (κ1) is 12.0. The van der Waals surface area contributed by atoms with Crippen LogP contribution in [0.3, 0.4) is 0 Å². The molecule has 0 fully saturated rings. The van der Waals surface area contributed by atoms with Gasteiger partial charge in [-0.15, -0.1) is 0 Å². The zero-order valence-electron chi connectivity index (χ0n) is 9.63. The van der Waals surface area contributed by atoms with Crippen LogP contribution in [0.1, 0.15) is 12.5 Å². The van der Waals surface area contributed by atoms with Gasteiger partial charge in [0.05, 0.1) is 0 Å². The Bertz CT molecular complexity index is 444. The highest BCUT2D eigenvalue weighted by atomic mass is 32.2. The van der Waals surface area contributed by atoms with E-state index < -0.39 is 0 Å². The summed E-state index contributed by atoms with van der Waals surface area (Å²) < 4.78 is 0. The first-order chi connectivity index (χ1) is 8.38. The maximum Gasteiger partial charge on any atom is 0.192 e. The summed E-state index contributed by atoms with van der Waals surface area (Å²) in [7, 11) is 0. The number of nitrogens with zero attached hydrogens (tertiary/aromatic N) is 3. The van der Waals surface area contributed by atoms with Crippen molar-refractivity contribution in [2.24, 2.45) is 0 Å². The van der Waals surface area contributed by atoms with Gasteiger partial charge in [-0.05, 0) is 30.4 Å². The van der Waals surface area contributed by atoms with Crippen molar-refractivity contribution in [3.63, 3.8) is 0 Å². The Morgan fingerprint density at radius 3 is 2.53 bits per heavy atom. The molecule has 0 saturated carbocycles. The van der Waals surface area contributed by atoms with Crippen molar-refractivity contribution < 1.29 is 0 Å². The predicted octanol–water partition coefficient (Wildman–Crippen LogP) is 2.13. The SMILES string of the molecule is CCNCc1cnc(Sc2ccncc2)nc1. The van der Waals surface area contributed by atoms with Gasteiger partial charge in [-0.3, -0.25) is 4.98 Å². The fourth-order valence-electron chi connectivity index (χ4n) is 1.27. The Kier molecular flexibility index (Phi) is 4.46. The second kappa shape index (κ2) is 6.32. The standard InChI is InChI=1S/C12H14N4S/c1-2-13-7-10-8-15-12(16-9-10)17-11-3-5-14-6-4-11/h3-6,8-9,13H,2,7H2,1H3. The van der Waals surface area contributed by atoms with Crippen molar-refractivity contribution in [2.45, 2.75) is 23.5 Å². The van der Waals surface area contributed by atoms with Gasteiger partial charge in [0.25, 0.3) is 0 Å². The highest BCUT2D eigenvalue weighted by Gasteiger charge is 2.00. The first-order valence-electron chi connectivity index (χ1n) is 5.48. The van der Waals surface area contributed by atoms with Crippen molar-refractivity contribution in [3.05, 3.63) is 42.5 Å². The van der Waals surface area contributed by atoms with Gasteiger partial charge in [-0.2, -0.15) is 0 Å². The average molecular weight is 246 g/mol. The number of hydrogen-bond acceptors (Lipinski definition) is 5. The Morgan fingerprint density at radius 1 is 1.18 bits per heavy atom. The maximum absolute atomic E-state index is 4.32. The van der Waals surface area contributed by atoms with E-state index in [9.17, 15) is 0 Å². The number of aromatic nitrogens is 3. The molecule has 0 aliphatic rings. The van der Waals surface area contributed by atoms with E-state index in [0.717, 1.165) is 28.7 Å². The van der Waals surface area contributed by atoms with Crippen LogP contribution in [-0.4, -0.2) is 21.5 Å². The summed E-state index contributed by atoms with van der Waals surface area (Å²) in [6.45, 7) is 3.85. The molecule has 88 valence electrons. The molecule has 0 spiro atoms. The lowest BCUT2D eigenvalue weighted by Crippen LogP contribution is -2.12. The molecular weight excluding hydrogens is 232 g/mol. The molecule has 0 aliphatic carbocycles. The van der Waals surface area contributed by atoms with Gasteiger partial charge in [-0.25, -0.2) is 9.97 Å². The minimum absolute atomic E-state index is 0.761. The Hall–Kier alpha value is -1.46. The van der Waals surface area contributed by atoms with Gasteiger partial charge in [0, 0.05) is 41.8 Å². The van der Waals surface area contributed by atoms with Crippen molar-refractivity contribution in [3.8, 4) is 0 Å². The van der Waals surface area contributed by atoms with E-state index in [-0.39, 0.29) is 0 Å². The molecule has 2 aromatic heterocycles. The molecule has 2 heterocycles. The van der Waals surface area contributed by atoms with Crippen molar-refractivity contribution in [1.82, 2.24) is 20.3 Å². The lowest BCUT2D eigenvalue weighted by atomic mass is 10.3. The van der Waals surface area contributed by atoms with Crippen LogP contribution in [-0.2, 0) is 6.54 Å². The lowest BCUT2D eigenvalue weighted by Gasteiger charge is -2.02. The van der Waals surface area contributed by atoms with Crippen LogP contribution in [0.25, 0.3) is 0 Å². The van der Waals surface area contributed by atoms with Crippen LogP contribution in [0.5, 0.6) is 0 Å². The Labute approximate surface area is 105 Å². The molecule has 2 aromatic rings. The fraction of sp³-hybridized carbons (Fsp3) is 0.250. The third-order valence-corrected chi connectivity index (χ3v) is 3.02. The van der Waals surface area contributed by atoms with Crippen LogP contribution >= 0.6 is 11.8 Å². The second-order valence-corrected chi connectivity index (χ2v) is 4.48. The van der Waals surface area contributed by atoms with E-state index in [1.54, 1.807) is 12.4 Å². The summed E-state index contributed by atoms with van der Waals surface area (Å²) >= 11 is 1.54. The van der Waals surface area contributed by atoms with E-state index in [1.807, 2.05) is 24.5 Å². The zero-order chi connectivity index (χ0) is 11.9. The van der Waals surface area contributed by atoms with Crippen molar-refractivity contribution in [1.29, 1.82) is 0 Å². The first-order valence-corrected chi connectivity index (χ1v) is 6.29. The van der Waals surface area contributed by atoms with Crippen molar-refractivity contribution in [2.75, 3.05) is 6.54 Å².